The molecule has 1 fully saturated rings. The number of ether oxygens (including phenoxy) is 1. The lowest BCUT2D eigenvalue weighted by molar-refractivity contribution is -0.118. The second-order valence-electron chi connectivity index (χ2n) is 5.86. The van der Waals surface area contributed by atoms with E-state index in [1.807, 2.05) is 0 Å². The SMILES string of the molecule is COC[C@H]1CCCN(CCNC(=O)CSc2ccc(F)cc2)C1. The zero-order valence-electron chi connectivity index (χ0n) is 13.6. The van der Waals surface area contributed by atoms with Crippen LogP contribution in [0.3, 0.4) is 0 Å². The van der Waals surface area contributed by atoms with E-state index in [0.717, 1.165) is 31.1 Å². The number of likely N-dealkylation sites (tertiary alicyclic amines) is 1. The number of piperidine rings is 1. The van der Waals surface area contributed by atoms with Gasteiger partial charge in [0.25, 0.3) is 0 Å². The fourth-order valence-electron chi connectivity index (χ4n) is 2.81. The van der Waals surface area contributed by atoms with Crippen molar-refractivity contribution < 1.29 is 13.9 Å². The minimum Gasteiger partial charge on any atom is -0.384 e. The number of methoxy groups -OCH3 is 1. The number of thioether (sulfide) groups is 1. The standard InChI is InChI=1S/C17H25FN2O2S/c1-22-12-14-3-2-9-20(11-14)10-8-19-17(21)13-23-16-6-4-15(18)5-7-16/h4-7,14H,2-3,8-13H2,1H3,(H,19,21)/t14-/m0/s1. The van der Waals surface area contributed by atoms with Crippen molar-refractivity contribution in [2.45, 2.75) is 17.7 Å². The Kier molecular flexibility index (Phi) is 7.85. The molecule has 0 spiro atoms. The molecule has 1 saturated heterocycles. The van der Waals surface area contributed by atoms with Crippen molar-refractivity contribution in [1.82, 2.24) is 10.2 Å². The Bertz CT molecular complexity index is 482. The van der Waals surface area contributed by atoms with Crippen molar-refractivity contribution in [3.63, 3.8) is 0 Å². The number of hydrogen-bond acceptors (Lipinski definition) is 4. The molecule has 1 aromatic rings. The van der Waals surface area contributed by atoms with Crippen LogP contribution in [0.25, 0.3) is 0 Å². The largest absolute Gasteiger partial charge is 0.384 e. The summed E-state index contributed by atoms with van der Waals surface area (Å²) in [4.78, 5) is 15.1. The van der Waals surface area contributed by atoms with E-state index in [9.17, 15) is 9.18 Å². The molecule has 4 nitrogen and oxygen atoms in total. The molecule has 1 heterocycles. The Morgan fingerprint density at radius 3 is 2.96 bits per heavy atom. The van der Waals surface area contributed by atoms with Gasteiger partial charge < -0.3 is 15.0 Å². The van der Waals surface area contributed by atoms with Crippen molar-refractivity contribution in [2.24, 2.45) is 5.92 Å². The van der Waals surface area contributed by atoms with Gasteiger partial charge in [-0.05, 0) is 49.6 Å². The first-order valence-electron chi connectivity index (χ1n) is 8.03. The van der Waals surface area contributed by atoms with E-state index in [2.05, 4.69) is 10.2 Å². The van der Waals surface area contributed by atoms with Gasteiger partial charge >= 0.3 is 0 Å². The van der Waals surface area contributed by atoms with Gasteiger partial charge in [-0.3, -0.25) is 4.79 Å². The molecule has 1 atom stereocenters. The summed E-state index contributed by atoms with van der Waals surface area (Å²) in [6.07, 6.45) is 2.42. The van der Waals surface area contributed by atoms with Gasteiger partial charge in [-0.1, -0.05) is 0 Å². The molecule has 0 aliphatic carbocycles. The molecule has 1 amide bonds. The van der Waals surface area contributed by atoms with E-state index in [1.165, 1.54) is 36.7 Å². The normalized spacial score (nSPS) is 18.8. The van der Waals surface area contributed by atoms with E-state index in [0.29, 0.717) is 18.2 Å². The predicted octanol–water partition coefficient (Wildman–Crippen LogP) is 2.39. The van der Waals surface area contributed by atoms with E-state index < -0.39 is 0 Å². The van der Waals surface area contributed by atoms with Crippen LogP contribution in [0.5, 0.6) is 0 Å². The Labute approximate surface area is 141 Å². The fourth-order valence-corrected chi connectivity index (χ4v) is 3.54. The quantitative estimate of drug-likeness (QED) is 0.738. The van der Waals surface area contributed by atoms with E-state index in [1.54, 1.807) is 19.2 Å². The van der Waals surface area contributed by atoms with E-state index in [4.69, 9.17) is 4.74 Å². The first-order chi connectivity index (χ1) is 11.2. The molecular formula is C17H25FN2O2S. The van der Waals surface area contributed by atoms with E-state index >= 15 is 0 Å². The van der Waals surface area contributed by atoms with Crippen molar-refractivity contribution in [2.75, 3.05) is 45.6 Å². The highest BCUT2D eigenvalue weighted by Crippen LogP contribution is 2.18. The van der Waals surface area contributed by atoms with Crippen LogP contribution in [0.2, 0.25) is 0 Å². The Morgan fingerprint density at radius 2 is 2.22 bits per heavy atom. The van der Waals surface area contributed by atoms with Crippen LogP contribution >= 0.6 is 11.8 Å². The zero-order chi connectivity index (χ0) is 16.5. The number of amides is 1. The summed E-state index contributed by atoms with van der Waals surface area (Å²) in [5.74, 6) is 0.730. The first kappa shape index (κ1) is 18.2. The van der Waals surface area contributed by atoms with Crippen LogP contribution in [0.1, 0.15) is 12.8 Å². The van der Waals surface area contributed by atoms with Gasteiger partial charge in [-0.15, -0.1) is 11.8 Å². The number of rotatable bonds is 8. The molecule has 0 radical (unpaired) electrons. The molecule has 0 aromatic heterocycles. The van der Waals surface area contributed by atoms with Crippen LogP contribution in [-0.4, -0.2) is 56.5 Å². The Hall–Kier alpha value is -1.11. The maximum Gasteiger partial charge on any atom is 0.230 e. The Morgan fingerprint density at radius 1 is 1.43 bits per heavy atom. The zero-order valence-corrected chi connectivity index (χ0v) is 14.4. The van der Waals surface area contributed by atoms with Gasteiger partial charge in [0, 0.05) is 31.6 Å². The third kappa shape index (κ3) is 6.89. The highest BCUT2D eigenvalue weighted by atomic mass is 32.2. The molecule has 6 heteroatoms. The van der Waals surface area contributed by atoms with Crippen molar-refractivity contribution >= 4 is 17.7 Å². The second kappa shape index (κ2) is 9.90. The first-order valence-corrected chi connectivity index (χ1v) is 9.02. The second-order valence-corrected chi connectivity index (χ2v) is 6.91. The average molecular weight is 340 g/mol. The monoisotopic (exact) mass is 340 g/mol. The predicted molar refractivity (Wildman–Crippen MR) is 91.2 cm³/mol. The molecular weight excluding hydrogens is 315 g/mol. The van der Waals surface area contributed by atoms with Gasteiger partial charge in [-0.25, -0.2) is 4.39 Å². The topological polar surface area (TPSA) is 41.6 Å². The van der Waals surface area contributed by atoms with E-state index in [-0.39, 0.29) is 11.7 Å². The molecule has 1 aliphatic heterocycles. The van der Waals surface area contributed by atoms with Crippen LogP contribution in [0, 0.1) is 11.7 Å². The molecule has 23 heavy (non-hydrogen) atoms. The third-order valence-corrected chi connectivity index (χ3v) is 4.95. The molecule has 1 N–H and O–H groups in total. The van der Waals surface area contributed by atoms with Gasteiger partial charge in [-0.2, -0.15) is 0 Å². The summed E-state index contributed by atoms with van der Waals surface area (Å²) < 4.78 is 18.0. The van der Waals surface area contributed by atoms with Gasteiger partial charge in [0.1, 0.15) is 5.82 Å². The van der Waals surface area contributed by atoms with Crippen LogP contribution < -0.4 is 5.32 Å². The molecule has 0 bridgehead atoms. The van der Waals surface area contributed by atoms with Gasteiger partial charge in [0.2, 0.25) is 5.91 Å². The van der Waals surface area contributed by atoms with Crippen LogP contribution in [-0.2, 0) is 9.53 Å². The number of carbonyl (C=O) groups excluding carboxylic acids is 1. The summed E-state index contributed by atoms with van der Waals surface area (Å²) in [5, 5.41) is 2.95. The summed E-state index contributed by atoms with van der Waals surface area (Å²) in [5.41, 5.74) is 0. The van der Waals surface area contributed by atoms with Crippen LogP contribution in [0.15, 0.2) is 29.2 Å². The molecule has 0 unspecified atom stereocenters. The fraction of sp³-hybridized carbons (Fsp3) is 0.588. The summed E-state index contributed by atoms with van der Waals surface area (Å²) in [6, 6.07) is 6.20. The minimum absolute atomic E-state index is 0.0183. The number of nitrogens with one attached hydrogen (secondary N) is 1. The highest BCUT2D eigenvalue weighted by molar-refractivity contribution is 8.00. The molecule has 1 aromatic carbocycles. The lowest BCUT2D eigenvalue weighted by Crippen LogP contribution is -2.41. The summed E-state index contributed by atoms with van der Waals surface area (Å²) >= 11 is 1.42. The maximum absolute atomic E-state index is 12.8. The number of hydrogen-bond donors (Lipinski definition) is 1. The number of carbonyl (C=O) groups is 1. The minimum atomic E-state index is -0.257. The smallest absolute Gasteiger partial charge is 0.230 e. The molecule has 1 aliphatic rings. The summed E-state index contributed by atoms with van der Waals surface area (Å²) in [6.45, 7) is 4.52. The number of nitrogens with zero attached hydrogens (tertiary/aromatic N) is 1. The van der Waals surface area contributed by atoms with Crippen molar-refractivity contribution in [1.29, 1.82) is 0 Å². The number of halogens is 1. The maximum atomic E-state index is 12.8. The van der Waals surface area contributed by atoms with Crippen molar-refractivity contribution in [3.05, 3.63) is 30.1 Å². The third-order valence-electron chi connectivity index (χ3n) is 3.94. The lowest BCUT2D eigenvalue weighted by atomic mass is 9.99. The highest BCUT2D eigenvalue weighted by Gasteiger charge is 2.19. The average Bonchev–Trinajstić information content (AvgIpc) is 2.55. The number of benzene rings is 1. The summed E-state index contributed by atoms with van der Waals surface area (Å²) in [7, 11) is 1.75. The molecule has 2 rings (SSSR count). The molecule has 0 saturated carbocycles. The van der Waals surface area contributed by atoms with Gasteiger partial charge in [0.15, 0.2) is 0 Å². The van der Waals surface area contributed by atoms with Crippen LogP contribution in [0.4, 0.5) is 4.39 Å². The lowest BCUT2D eigenvalue weighted by Gasteiger charge is -2.32. The Balaban J connectivity index is 1.60. The molecule has 128 valence electrons. The van der Waals surface area contributed by atoms with Crippen molar-refractivity contribution in [3.8, 4) is 0 Å². The van der Waals surface area contributed by atoms with Gasteiger partial charge in [0.05, 0.1) is 12.4 Å².